The molecule has 0 saturated heterocycles. The molecule has 0 bridgehead atoms. The molecule has 1 unspecified atom stereocenters. The molecule has 0 saturated carbocycles. The number of nitrogens with zero attached hydrogens (tertiary/aromatic N) is 2. The summed E-state index contributed by atoms with van der Waals surface area (Å²) in [6, 6.07) is -0.931. The van der Waals surface area contributed by atoms with Gasteiger partial charge >= 0.3 is 5.97 Å². The molecule has 1 aromatic heterocycles. The molecule has 0 aliphatic heterocycles. The molecule has 0 aromatic carbocycles. The number of hydrogen-bond donors (Lipinski definition) is 1. The highest BCUT2D eigenvalue weighted by molar-refractivity contribution is 7.09. The van der Waals surface area contributed by atoms with Gasteiger partial charge in [0, 0.05) is 20.2 Å². The average molecular weight is 214 g/mol. The average Bonchev–Trinajstić information content (AvgIpc) is 2.56. The van der Waals surface area contributed by atoms with Gasteiger partial charge in [-0.05, 0) is 0 Å². The maximum atomic E-state index is 11.0. The van der Waals surface area contributed by atoms with Crippen LogP contribution in [0.25, 0.3) is 0 Å². The highest BCUT2D eigenvalue weighted by atomic mass is 32.1. The lowest BCUT2D eigenvalue weighted by molar-refractivity contribution is -0.148. The van der Waals surface area contributed by atoms with Gasteiger partial charge in [-0.1, -0.05) is 0 Å². The molecule has 0 fully saturated rings. The van der Waals surface area contributed by atoms with Gasteiger partial charge in [-0.25, -0.2) is 4.79 Å². The van der Waals surface area contributed by atoms with Crippen LogP contribution in [0.4, 0.5) is 0 Å². The smallest absolute Gasteiger partial charge is 0.332 e. The van der Waals surface area contributed by atoms with Crippen molar-refractivity contribution in [3.05, 3.63) is 16.6 Å². The Morgan fingerprint density at radius 1 is 1.64 bits per heavy atom. The van der Waals surface area contributed by atoms with E-state index >= 15 is 0 Å². The molecular formula is C8H10N2O3S. The van der Waals surface area contributed by atoms with Crippen LogP contribution in [0, 0.1) is 0 Å². The molecule has 1 amide bonds. The molecule has 6 heteroatoms. The van der Waals surface area contributed by atoms with Crippen LogP contribution in [0.2, 0.25) is 0 Å². The Morgan fingerprint density at radius 3 is 2.64 bits per heavy atom. The first-order valence-electron chi connectivity index (χ1n) is 3.88. The second-order valence-electron chi connectivity index (χ2n) is 2.77. The van der Waals surface area contributed by atoms with Crippen molar-refractivity contribution in [2.24, 2.45) is 0 Å². The summed E-state index contributed by atoms with van der Waals surface area (Å²) < 4.78 is 0. The van der Waals surface area contributed by atoms with Gasteiger partial charge in [0.25, 0.3) is 0 Å². The van der Waals surface area contributed by atoms with Crippen molar-refractivity contribution in [1.29, 1.82) is 0 Å². The highest BCUT2D eigenvalue weighted by Gasteiger charge is 2.27. The minimum absolute atomic E-state index is 0.286. The molecule has 1 rings (SSSR count). The number of rotatable bonds is 3. The van der Waals surface area contributed by atoms with Gasteiger partial charge in [-0.15, -0.1) is 11.3 Å². The van der Waals surface area contributed by atoms with Crippen LogP contribution in [-0.2, 0) is 9.59 Å². The van der Waals surface area contributed by atoms with Crippen LogP contribution in [0.1, 0.15) is 17.8 Å². The fourth-order valence-electron chi connectivity index (χ4n) is 1.02. The maximum absolute atomic E-state index is 11.0. The van der Waals surface area contributed by atoms with Crippen LogP contribution < -0.4 is 0 Å². The Labute approximate surface area is 85.0 Å². The Bertz CT molecular complexity index is 336. The number of likely N-dealkylation sites (N-methyl/N-ethyl adjacent to an activating group) is 1. The van der Waals surface area contributed by atoms with Crippen molar-refractivity contribution in [3.63, 3.8) is 0 Å². The molecule has 1 aromatic rings. The Balaban J connectivity index is 2.97. The standard InChI is InChI=1S/C8H10N2O3S/c1-5(11)10(2)7(8(12)13)6-3-9-4-14-6/h3-4,7H,1-2H3,(H,12,13). The Kier molecular flexibility index (Phi) is 3.19. The van der Waals surface area contributed by atoms with E-state index in [0.717, 1.165) is 0 Å². The van der Waals surface area contributed by atoms with Gasteiger partial charge in [0.15, 0.2) is 6.04 Å². The van der Waals surface area contributed by atoms with E-state index in [1.54, 1.807) is 5.51 Å². The zero-order valence-corrected chi connectivity index (χ0v) is 8.61. The van der Waals surface area contributed by atoms with Gasteiger partial charge in [0.1, 0.15) is 0 Å². The summed E-state index contributed by atoms with van der Waals surface area (Å²) in [7, 11) is 1.46. The lowest BCUT2D eigenvalue weighted by Crippen LogP contribution is -2.33. The van der Waals surface area contributed by atoms with E-state index in [-0.39, 0.29) is 5.91 Å². The number of aromatic nitrogens is 1. The predicted molar refractivity (Wildman–Crippen MR) is 50.9 cm³/mol. The molecule has 0 radical (unpaired) electrons. The number of carbonyl (C=O) groups is 2. The van der Waals surface area contributed by atoms with E-state index in [1.165, 1.54) is 36.4 Å². The third-order valence-corrected chi connectivity index (χ3v) is 2.67. The number of aliphatic carboxylic acids is 1. The fraction of sp³-hybridized carbons (Fsp3) is 0.375. The lowest BCUT2D eigenvalue weighted by atomic mass is 10.2. The molecule has 14 heavy (non-hydrogen) atoms. The molecule has 1 N–H and O–H groups in total. The van der Waals surface area contributed by atoms with Crippen LogP contribution >= 0.6 is 11.3 Å². The van der Waals surface area contributed by atoms with E-state index in [2.05, 4.69) is 4.98 Å². The minimum Gasteiger partial charge on any atom is -0.479 e. The van der Waals surface area contributed by atoms with Crippen molar-refractivity contribution in [3.8, 4) is 0 Å². The van der Waals surface area contributed by atoms with E-state index in [9.17, 15) is 9.59 Å². The summed E-state index contributed by atoms with van der Waals surface area (Å²) in [5, 5.41) is 8.95. The van der Waals surface area contributed by atoms with Crippen LogP contribution in [0.3, 0.4) is 0 Å². The number of thiazole rings is 1. The van der Waals surface area contributed by atoms with E-state index in [4.69, 9.17) is 5.11 Å². The predicted octanol–water partition coefficient (Wildman–Crippen LogP) is 0.747. The zero-order valence-electron chi connectivity index (χ0n) is 7.80. The summed E-state index contributed by atoms with van der Waals surface area (Å²) in [4.78, 5) is 27.5. The maximum Gasteiger partial charge on any atom is 0.332 e. The second kappa shape index (κ2) is 4.19. The van der Waals surface area contributed by atoms with E-state index < -0.39 is 12.0 Å². The fourth-order valence-corrected chi connectivity index (χ4v) is 1.77. The summed E-state index contributed by atoms with van der Waals surface area (Å²) in [5.41, 5.74) is 1.54. The first-order valence-corrected chi connectivity index (χ1v) is 4.76. The van der Waals surface area contributed by atoms with Crippen molar-refractivity contribution >= 4 is 23.2 Å². The summed E-state index contributed by atoms with van der Waals surface area (Å²) in [6.45, 7) is 1.33. The monoisotopic (exact) mass is 214 g/mol. The third-order valence-electron chi connectivity index (χ3n) is 1.84. The molecule has 0 aliphatic carbocycles. The largest absolute Gasteiger partial charge is 0.479 e. The van der Waals surface area contributed by atoms with Crippen molar-refractivity contribution in [2.45, 2.75) is 13.0 Å². The first-order chi connectivity index (χ1) is 6.54. The van der Waals surface area contributed by atoms with Crippen molar-refractivity contribution in [2.75, 3.05) is 7.05 Å². The molecule has 1 heterocycles. The van der Waals surface area contributed by atoms with Gasteiger partial charge in [0.05, 0.1) is 10.4 Å². The van der Waals surface area contributed by atoms with Gasteiger partial charge < -0.3 is 10.0 Å². The number of amides is 1. The van der Waals surface area contributed by atoms with E-state index in [1.807, 2.05) is 0 Å². The van der Waals surface area contributed by atoms with Crippen LogP contribution in [-0.4, -0.2) is 33.9 Å². The third kappa shape index (κ3) is 2.08. The molecule has 76 valence electrons. The lowest BCUT2D eigenvalue weighted by Gasteiger charge is -2.21. The topological polar surface area (TPSA) is 70.5 Å². The Morgan fingerprint density at radius 2 is 2.29 bits per heavy atom. The quantitative estimate of drug-likeness (QED) is 0.805. The molecular weight excluding hydrogens is 204 g/mol. The number of hydrogen-bond acceptors (Lipinski definition) is 4. The summed E-state index contributed by atoms with van der Waals surface area (Å²) in [6.07, 6.45) is 1.46. The number of carboxylic acid groups (broad SMARTS) is 1. The van der Waals surface area contributed by atoms with Gasteiger partial charge in [-0.2, -0.15) is 0 Å². The van der Waals surface area contributed by atoms with Gasteiger partial charge in [0.2, 0.25) is 5.91 Å². The van der Waals surface area contributed by atoms with Crippen LogP contribution in [0.5, 0.6) is 0 Å². The van der Waals surface area contributed by atoms with Gasteiger partial charge in [-0.3, -0.25) is 9.78 Å². The number of carboxylic acids is 1. The highest BCUT2D eigenvalue weighted by Crippen LogP contribution is 2.22. The Hall–Kier alpha value is -1.43. The zero-order chi connectivity index (χ0) is 10.7. The minimum atomic E-state index is -1.05. The van der Waals surface area contributed by atoms with Crippen LogP contribution in [0.15, 0.2) is 11.7 Å². The molecule has 0 spiro atoms. The summed E-state index contributed by atoms with van der Waals surface area (Å²) in [5.74, 6) is -1.34. The second-order valence-corrected chi connectivity index (χ2v) is 3.69. The summed E-state index contributed by atoms with van der Waals surface area (Å²) >= 11 is 1.22. The molecule has 1 atom stereocenters. The molecule has 5 nitrogen and oxygen atoms in total. The molecule has 0 aliphatic rings. The van der Waals surface area contributed by atoms with Crippen molar-refractivity contribution in [1.82, 2.24) is 9.88 Å². The SMILES string of the molecule is CC(=O)N(C)C(C(=O)O)c1cncs1. The number of carbonyl (C=O) groups excluding carboxylic acids is 1. The van der Waals surface area contributed by atoms with E-state index in [0.29, 0.717) is 4.88 Å². The van der Waals surface area contributed by atoms with Crippen molar-refractivity contribution < 1.29 is 14.7 Å². The first kappa shape index (κ1) is 10.6. The normalized spacial score (nSPS) is 12.1.